The van der Waals surface area contributed by atoms with Gasteiger partial charge >= 0.3 is 5.97 Å². The topological polar surface area (TPSA) is 49.8 Å². The first kappa shape index (κ1) is 9.93. The number of hydrogen-bond donors (Lipinski definition) is 1. The van der Waals surface area contributed by atoms with Crippen molar-refractivity contribution in [1.82, 2.24) is 4.90 Å². The van der Waals surface area contributed by atoms with Crippen LogP contribution in [0.4, 0.5) is 0 Å². The standard InChI is InChI=1S/C10H17NO3/c1-7(8-2-3-14-6-8)11-4-9(5-11)10(12)13/h7-9H,2-6H2,1H3,(H,12,13). The lowest BCUT2D eigenvalue weighted by Gasteiger charge is -2.43. The number of rotatable bonds is 3. The van der Waals surface area contributed by atoms with E-state index in [4.69, 9.17) is 9.84 Å². The first-order valence-electron chi connectivity index (χ1n) is 5.23. The van der Waals surface area contributed by atoms with Gasteiger partial charge in [-0.15, -0.1) is 0 Å². The van der Waals surface area contributed by atoms with E-state index in [0.717, 1.165) is 19.6 Å². The highest BCUT2D eigenvalue weighted by Crippen LogP contribution is 2.26. The van der Waals surface area contributed by atoms with Crippen LogP contribution in [-0.2, 0) is 9.53 Å². The molecule has 0 aromatic rings. The zero-order valence-corrected chi connectivity index (χ0v) is 8.48. The summed E-state index contributed by atoms with van der Waals surface area (Å²) in [5.41, 5.74) is 0. The normalized spacial score (nSPS) is 31.4. The van der Waals surface area contributed by atoms with E-state index in [1.165, 1.54) is 0 Å². The van der Waals surface area contributed by atoms with E-state index in [9.17, 15) is 4.79 Å². The predicted molar refractivity (Wildman–Crippen MR) is 51.1 cm³/mol. The molecule has 0 spiro atoms. The summed E-state index contributed by atoms with van der Waals surface area (Å²) in [5.74, 6) is -0.194. The SMILES string of the molecule is CC(C1CCOC1)N1CC(C(=O)O)C1. The zero-order chi connectivity index (χ0) is 10.1. The van der Waals surface area contributed by atoms with Crippen LogP contribution in [0.1, 0.15) is 13.3 Å². The number of aliphatic carboxylic acids is 1. The maximum absolute atomic E-state index is 10.6. The Balaban J connectivity index is 1.78. The van der Waals surface area contributed by atoms with Crippen molar-refractivity contribution >= 4 is 5.97 Å². The van der Waals surface area contributed by atoms with Crippen LogP contribution < -0.4 is 0 Å². The Hall–Kier alpha value is -0.610. The fourth-order valence-corrected chi connectivity index (χ4v) is 2.23. The summed E-state index contributed by atoms with van der Waals surface area (Å²) >= 11 is 0. The van der Waals surface area contributed by atoms with Gasteiger partial charge in [-0.3, -0.25) is 9.69 Å². The number of likely N-dealkylation sites (tertiary alicyclic amines) is 1. The van der Waals surface area contributed by atoms with Gasteiger partial charge in [0, 0.05) is 25.7 Å². The second-order valence-electron chi connectivity index (χ2n) is 4.35. The van der Waals surface area contributed by atoms with Crippen molar-refractivity contribution in [2.24, 2.45) is 11.8 Å². The van der Waals surface area contributed by atoms with Crippen molar-refractivity contribution in [3.05, 3.63) is 0 Å². The van der Waals surface area contributed by atoms with E-state index < -0.39 is 5.97 Å². The van der Waals surface area contributed by atoms with Gasteiger partial charge in [0.25, 0.3) is 0 Å². The van der Waals surface area contributed by atoms with Crippen LogP contribution in [0.5, 0.6) is 0 Å². The summed E-state index contributed by atoms with van der Waals surface area (Å²) in [4.78, 5) is 12.9. The number of nitrogens with zero attached hydrogens (tertiary/aromatic N) is 1. The van der Waals surface area contributed by atoms with Gasteiger partial charge in [-0.05, 0) is 19.3 Å². The van der Waals surface area contributed by atoms with Crippen molar-refractivity contribution in [3.63, 3.8) is 0 Å². The van der Waals surface area contributed by atoms with Gasteiger partial charge in [0.05, 0.1) is 12.5 Å². The highest BCUT2D eigenvalue weighted by Gasteiger charge is 2.38. The number of carboxylic acid groups (broad SMARTS) is 1. The average molecular weight is 199 g/mol. The third-order valence-electron chi connectivity index (χ3n) is 3.48. The quantitative estimate of drug-likeness (QED) is 0.716. The monoisotopic (exact) mass is 199 g/mol. The molecule has 4 heteroatoms. The second-order valence-corrected chi connectivity index (χ2v) is 4.35. The summed E-state index contributed by atoms with van der Waals surface area (Å²) in [6.07, 6.45) is 1.12. The third kappa shape index (κ3) is 1.77. The van der Waals surface area contributed by atoms with Crippen molar-refractivity contribution in [2.75, 3.05) is 26.3 Å². The first-order chi connectivity index (χ1) is 6.68. The lowest BCUT2D eigenvalue weighted by Crippen LogP contribution is -2.55. The molecule has 0 amide bonds. The fraction of sp³-hybridized carbons (Fsp3) is 0.900. The van der Waals surface area contributed by atoms with Gasteiger partial charge in [-0.25, -0.2) is 0 Å². The Morgan fingerprint density at radius 3 is 2.79 bits per heavy atom. The number of carbonyl (C=O) groups is 1. The van der Waals surface area contributed by atoms with Crippen LogP contribution in [0.3, 0.4) is 0 Å². The van der Waals surface area contributed by atoms with Gasteiger partial charge in [0.2, 0.25) is 0 Å². The van der Waals surface area contributed by atoms with Crippen LogP contribution in [0.15, 0.2) is 0 Å². The molecule has 2 aliphatic rings. The van der Waals surface area contributed by atoms with E-state index in [1.807, 2.05) is 0 Å². The lowest BCUT2D eigenvalue weighted by molar-refractivity contribution is -0.149. The van der Waals surface area contributed by atoms with Crippen LogP contribution in [-0.4, -0.2) is 48.3 Å². The van der Waals surface area contributed by atoms with Crippen molar-refractivity contribution in [2.45, 2.75) is 19.4 Å². The molecule has 2 rings (SSSR count). The fourth-order valence-electron chi connectivity index (χ4n) is 2.23. The van der Waals surface area contributed by atoms with Crippen molar-refractivity contribution < 1.29 is 14.6 Å². The molecule has 2 atom stereocenters. The highest BCUT2D eigenvalue weighted by molar-refractivity contribution is 5.71. The molecule has 2 aliphatic heterocycles. The van der Waals surface area contributed by atoms with Crippen LogP contribution in [0.25, 0.3) is 0 Å². The number of ether oxygens (including phenoxy) is 1. The molecule has 4 nitrogen and oxygen atoms in total. The zero-order valence-electron chi connectivity index (χ0n) is 8.48. The molecule has 0 aromatic heterocycles. The first-order valence-corrected chi connectivity index (χ1v) is 5.23. The summed E-state index contributed by atoms with van der Waals surface area (Å²) in [6, 6.07) is 0.480. The molecule has 2 heterocycles. The molecular weight excluding hydrogens is 182 g/mol. The molecule has 0 aromatic carbocycles. The number of hydrogen-bond acceptors (Lipinski definition) is 3. The van der Waals surface area contributed by atoms with E-state index in [1.54, 1.807) is 0 Å². The lowest BCUT2D eigenvalue weighted by atomic mass is 9.92. The van der Waals surface area contributed by atoms with Gasteiger partial charge in [0.15, 0.2) is 0 Å². The predicted octanol–water partition coefficient (Wildman–Crippen LogP) is 0.428. The van der Waals surface area contributed by atoms with Gasteiger partial charge in [-0.2, -0.15) is 0 Å². The third-order valence-corrected chi connectivity index (χ3v) is 3.48. The van der Waals surface area contributed by atoms with E-state index in [2.05, 4.69) is 11.8 Å². The largest absolute Gasteiger partial charge is 0.481 e. The summed E-state index contributed by atoms with van der Waals surface area (Å²) < 4.78 is 5.33. The average Bonchev–Trinajstić information content (AvgIpc) is 2.51. The molecule has 0 radical (unpaired) electrons. The number of carboxylic acids is 1. The second kappa shape index (κ2) is 3.87. The van der Waals surface area contributed by atoms with Gasteiger partial charge in [0.1, 0.15) is 0 Å². The summed E-state index contributed by atoms with van der Waals surface area (Å²) in [5, 5.41) is 8.75. The van der Waals surface area contributed by atoms with E-state index in [0.29, 0.717) is 25.0 Å². The van der Waals surface area contributed by atoms with Crippen molar-refractivity contribution in [3.8, 4) is 0 Å². The Labute approximate surface area is 83.8 Å². The molecule has 80 valence electrons. The van der Waals surface area contributed by atoms with Crippen molar-refractivity contribution in [1.29, 1.82) is 0 Å². The molecule has 0 bridgehead atoms. The van der Waals surface area contributed by atoms with Crippen LogP contribution in [0, 0.1) is 11.8 Å². The maximum atomic E-state index is 10.6. The van der Waals surface area contributed by atoms with Gasteiger partial charge in [-0.1, -0.05) is 0 Å². The van der Waals surface area contributed by atoms with E-state index in [-0.39, 0.29) is 5.92 Å². The van der Waals surface area contributed by atoms with E-state index >= 15 is 0 Å². The van der Waals surface area contributed by atoms with Gasteiger partial charge < -0.3 is 9.84 Å². The summed E-state index contributed by atoms with van der Waals surface area (Å²) in [7, 11) is 0. The Bertz CT molecular complexity index is 219. The Morgan fingerprint density at radius 1 is 1.57 bits per heavy atom. The minimum Gasteiger partial charge on any atom is -0.481 e. The van der Waals surface area contributed by atoms with Crippen LogP contribution in [0.2, 0.25) is 0 Å². The Morgan fingerprint density at radius 2 is 2.29 bits per heavy atom. The maximum Gasteiger partial charge on any atom is 0.309 e. The molecule has 0 aliphatic carbocycles. The molecular formula is C10H17NO3. The molecule has 1 N–H and O–H groups in total. The Kier molecular flexibility index (Phi) is 2.74. The molecule has 2 unspecified atom stereocenters. The smallest absolute Gasteiger partial charge is 0.309 e. The highest BCUT2D eigenvalue weighted by atomic mass is 16.5. The molecule has 14 heavy (non-hydrogen) atoms. The minimum atomic E-state index is -0.656. The molecule has 2 saturated heterocycles. The molecule has 2 fully saturated rings. The minimum absolute atomic E-state index is 0.139. The molecule has 0 saturated carbocycles. The van der Waals surface area contributed by atoms with Crippen LogP contribution >= 0.6 is 0 Å². The summed E-state index contributed by atoms with van der Waals surface area (Å²) in [6.45, 7) is 5.32.